The molecule has 2 amide bonds. The first-order chi connectivity index (χ1) is 54.5. The molecule has 2 atom stereocenters. The largest absolute Gasteiger partial charge is 0.466 e. The standard InChI is InChI=1S/C9H10O.C8H10BrNO2S.C8H10ClNO2S.C8H9N3OS.C8H9NO2S.C7H8N3O2P.C6H5N3.2C6H13NO2.C4H8O2.C3H8O3S.C2H6O2S/c1-7-3-5-9(6-4-7)8(2)10;2*1-7-3-5-8(6-4-7)13(11,12)10(2)9;1-7-3-5-8(6-4-7)13(2,12)11-10-9;1-7-3-5-8(6-4-7)12(10,11)9-2;1-13(11,10-9-8)12-7-5-3-2-4-6-7;7-9-8-6-4-2-1-3-5-6;2*1-6(2,3)9-5(8)7-4;1-3-6-4(2)5;1-3-6-7(2,4)5;1-5(2,3)4/h3-6H,1-2H3;2*3-6H,1-2H3;3-6H,2H2,1H3;3-6H,2H2,1H3;2-6H,1H3;1-5H;2*1-4H3,(H,7,8);3H2,1-2H3;3H2,1-2H3;1-2H3. The smallest absolute Gasteiger partial charge is 0.407 e. The Morgan fingerprint density at radius 3 is 1.12 bits per heavy atom. The zero-order valence-electron chi connectivity index (χ0n) is 70.7. The molecule has 0 radical (unpaired) electrons. The van der Waals surface area contributed by atoms with Crippen LogP contribution < -0.4 is 15.2 Å². The van der Waals surface area contributed by atoms with E-state index in [1.54, 1.807) is 136 Å². The number of para-hydroxylation sites is 1. The van der Waals surface area contributed by atoms with Crippen molar-refractivity contribution in [3.05, 3.63) is 247 Å². The van der Waals surface area contributed by atoms with E-state index in [1.807, 2.05) is 119 Å². The summed E-state index contributed by atoms with van der Waals surface area (Å²) in [5, 5.41) is 8.11. The minimum Gasteiger partial charge on any atom is -0.466 e. The lowest BCUT2D eigenvalue weighted by Crippen LogP contribution is -2.30. The average Bonchev–Trinajstić information content (AvgIpc) is 0.848. The number of ether oxygens (including phenoxy) is 3. The highest BCUT2D eigenvalue weighted by Gasteiger charge is 2.20. The number of nitrogens with zero attached hydrogens (tertiary/aromatic N) is 12. The van der Waals surface area contributed by atoms with Gasteiger partial charge in [0.1, 0.15) is 26.8 Å². The lowest BCUT2D eigenvalue weighted by Gasteiger charge is -2.18. The van der Waals surface area contributed by atoms with Crippen molar-refractivity contribution in [1.29, 1.82) is 0 Å². The van der Waals surface area contributed by atoms with Crippen LogP contribution in [0.5, 0.6) is 5.75 Å². The van der Waals surface area contributed by atoms with Gasteiger partial charge >= 0.3 is 25.7 Å². The van der Waals surface area contributed by atoms with E-state index in [-0.39, 0.29) is 56.4 Å². The van der Waals surface area contributed by atoms with Crippen LogP contribution in [0.15, 0.2) is 220 Å². The monoisotopic (exact) mass is 1880 g/mol. The number of halogens is 2. The summed E-state index contributed by atoms with van der Waals surface area (Å²) in [5.41, 5.74) is 30.2. The van der Waals surface area contributed by atoms with Gasteiger partial charge in [-0.3, -0.25) is 22.5 Å². The third-order valence-corrected chi connectivity index (χ3v) is 20.7. The van der Waals surface area contributed by atoms with Crippen LogP contribution in [0.3, 0.4) is 0 Å². The van der Waals surface area contributed by atoms with E-state index in [4.69, 9.17) is 42.4 Å². The molecule has 35 nitrogen and oxygen atoms in total. The van der Waals surface area contributed by atoms with Gasteiger partial charge in [0.15, 0.2) is 5.78 Å². The summed E-state index contributed by atoms with van der Waals surface area (Å²) in [4.78, 5) is 53.3. The van der Waals surface area contributed by atoms with E-state index in [2.05, 4.69) is 81.9 Å². The third-order valence-electron chi connectivity index (χ3n) is 11.8. The Hall–Kier alpha value is -9.73. The van der Waals surface area contributed by atoms with Crippen LogP contribution in [0.25, 0.3) is 31.3 Å². The molecule has 0 aromatic heterocycles. The molecule has 119 heavy (non-hydrogen) atoms. The summed E-state index contributed by atoms with van der Waals surface area (Å²) in [6.07, 6.45) is 2.57. The molecule has 7 aromatic carbocycles. The van der Waals surface area contributed by atoms with Crippen molar-refractivity contribution in [2.45, 2.75) is 135 Å². The number of alkyl carbamates (subject to hydrolysis) is 2. The van der Waals surface area contributed by atoms with E-state index >= 15 is 0 Å². The number of esters is 1. The first-order valence-corrected chi connectivity index (χ1v) is 47.4. The number of sulfonamides is 3. The molecule has 0 bridgehead atoms. The quantitative estimate of drug-likeness (QED) is 0.00775. The number of benzene rings is 7. The van der Waals surface area contributed by atoms with Gasteiger partial charge in [-0.15, -0.1) is 7.16 Å². The molecule has 0 saturated heterocycles. The molecule has 0 aliphatic heterocycles. The van der Waals surface area contributed by atoms with E-state index in [0.717, 1.165) is 49.9 Å². The Labute approximate surface area is 715 Å². The lowest BCUT2D eigenvalue weighted by atomic mass is 10.1. The number of aryl methyl sites for hydroxylation is 5. The van der Waals surface area contributed by atoms with Gasteiger partial charge in [0.2, 0.25) is 0 Å². The van der Waals surface area contributed by atoms with Crippen molar-refractivity contribution in [3.8, 4) is 5.75 Å². The van der Waals surface area contributed by atoms with Crippen molar-refractivity contribution in [2.75, 3.05) is 66.8 Å². The molecule has 0 saturated carbocycles. The Kier molecular flexibility index (Phi) is 59.3. The summed E-state index contributed by atoms with van der Waals surface area (Å²) >= 11 is 8.29. The third kappa shape index (κ3) is 65.8. The van der Waals surface area contributed by atoms with Gasteiger partial charge in [0, 0.05) is 113 Å². The fourth-order valence-corrected chi connectivity index (χ4v) is 11.3. The number of amides is 2. The van der Waals surface area contributed by atoms with E-state index < -0.39 is 67.3 Å². The van der Waals surface area contributed by atoms with Crippen LogP contribution in [0, 0.1) is 34.6 Å². The van der Waals surface area contributed by atoms with Crippen molar-refractivity contribution < 1.29 is 93.0 Å². The van der Waals surface area contributed by atoms with Crippen molar-refractivity contribution in [2.24, 2.45) is 18.9 Å². The number of sulfone groups is 1. The van der Waals surface area contributed by atoms with Gasteiger partial charge in [-0.25, -0.2) is 34.8 Å². The molecule has 0 aliphatic rings. The number of azide groups is 3. The number of hydrogen-bond donors (Lipinski definition) is 2. The van der Waals surface area contributed by atoms with E-state index in [9.17, 15) is 70.0 Å². The molecule has 44 heteroatoms. The molecule has 0 spiro atoms. The van der Waals surface area contributed by atoms with Gasteiger partial charge in [0.05, 0.1) is 43.9 Å². The fourth-order valence-electron chi connectivity index (χ4n) is 6.53. The highest BCUT2D eigenvalue weighted by molar-refractivity contribution is 9.08. The Balaban J connectivity index is -0.000000401. The Morgan fingerprint density at radius 1 is 0.538 bits per heavy atom. The first kappa shape index (κ1) is 118. The minimum absolute atomic E-state index is 0.125. The number of nitrogens with one attached hydrogen (secondary N) is 2. The topological polar surface area (TPSA) is 508 Å². The number of ketones is 1. The van der Waals surface area contributed by atoms with Gasteiger partial charge in [-0.05, 0) is 196 Å². The molecular weight excluding hydrogens is 1770 g/mol. The molecule has 7 aromatic rings. The second-order valence-corrected chi connectivity index (χ2v) is 41.1. The molecule has 0 fully saturated rings. The van der Waals surface area contributed by atoms with E-state index in [0.29, 0.717) is 26.8 Å². The van der Waals surface area contributed by atoms with Gasteiger partial charge in [-0.1, -0.05) is 154 Å². The maximum absolute atomic E-state index is 11.6. The molecule has 660 valence electrons. The van der Waals surface area contributed by atoms with Crippen LogP contribution in [0.2, 0.25) is 0 Å². The van der Waals surface area contributed by atoms with E-state index in [1.165, 1.54) is 71.6 Å². The van der Waals surface area contributed by atoms with Crippen LogP contribution in [0.4, 0.5) is 15.3 Å². The highest BCUT2D eigenvalue weighted by Crippen LogP contribution is 2.44. The predicted molar refractivity (Wildman–Crippen MR) is 475 cm³/mol. The number of carbonyl (C=O) groups excluding carboxylic acids is 4. The normalized spacial score (nSPS) is 11.4. The lowest BCUT2D eigenvalue weighted by molar-refractivity contribution is -0.140. The minimum atomic E-state index is -3.50. The van der Waals surface area contributed by atoms with Gasteiger partial charge < -0.3 is 29.4 Å². The number of Topliss-reactive ketones (excluding diaryl/α,β-unsaturated/α-hetero) is 1. The summed E-state index contributed by atoms with van der Waals surface area (Å²) in [6.45, 7) is 31.9. The number of rotatable bonds is 16. The summed E-state index contributed by atoms with van der Waals surface area (Å²) in [6, 6.07) is 51.8. The Bertz CT molecular complexity index is 5030. The van der Waals surface area contributed by atoms with Gasteiger partial charge in [0.25, 0.3) is 40.2 Å². The van der Waals surface area contributed by atoms with Gasteiger partial charge in [-0.2, -0.15) is 21.2 Å². The number of carbonyl (C=O) groups is 4. The second kappa shape index (κ2) is 59.9. The van der Waals surface area contributed by atoms with Crippen LogP contribution >= 0.6 is 35.4 Å². The molecule has 0 heterocycles. The van der Waals surface area contributed by atoms with Crippen molar-refractivity contribution in [1.82, 2.24) is 17.8 Å². The Morgan fingerprint density at radius 2 is 0.874 bits per heavy atom. The fraction of sp³-hybridized carbons (Fsp3) is 0.360. The van der Waals surface area contributed by atoms with Crippen LogP contribution in [0.1, 0.15) is 107 Å². The predicted octanol–water partition coefficient (Wildman–Crippen LogP) is 17.9. The van der Waals surface area contributed by atoms with Crippen molar-refractivity contribution >= 4 is 137 Å². The molecule has 2 unspecified atom stereocenters. The van der Waals surface area contributed by atoms with Crippen LogP contribution in [-0.4, -0.2) is 168 Å². The maximum atomic E-state index is 11.6. The maximum Gasteiger partial charge on any atom is 0.407 e. The number of hydrogen-bond acceptors (Lipinski definition) is 22. The SMILES string of the molecule is C=NS(=O)(=O)c1ccc(C)cc1.C=S(=O)(N=[N+]=[N-])c1ccc(C)cc1.CC(=O)c1ccc(C)cc1.CCOC(C)=O.CCOS(C)(=O)=O.CNC(=O)OC(C)(C)C.CNC(=O)OC(C)(C)C.CP(=O)(N=[N+]=[N-])Oc1ccccc1.CS(C)(=O)=O.Cc1ccc(S(=O)(=O)N(C)Br)cc1.Cc1ccc(S(=O)(=O)N(C)Cl)cc1.[N-]=[N+]=Nc1ccccc1. The summed E-state index contributed by atoms with van der Waals surface area (Å²) in [7, 11) is -16.4. The summed E-state index contributed by atoms with van der Waals surface area (Å²) < 4.78 is 161. The highest BCUT2D eigenvalue weighted by atomic mass is 79.9. The molecule has 0 aliphatic carbocycles. The molecule has 7 rings (SSSR count). The average molecular weight is 1880 g/mol. The van der Waals surface area contributed by atoms with Crippen LogP contribution in [-0.2, 0) is 87.5 Å². The zero-order valence-corrected chi connectivity index (χ0v) is 78.9. The summed E-state index contributed by atoms with van der Waals surface area (Å²) in [5.74, 6) is 3.71. The molecule has 2 N–H and O–H groups in total. The molecular formula is C75H109BrClN14O21PS6. The van der Waals surface area contributed by atoms with Crippen molar-refractivity contribution in [3.63, 3.8) is 0 Å². The zero-order chi connectivity index (χ0) is 93.4. The first-order valence-electron chi connectivity index (χ1n) is 34.3. The second-order valence-electron chi connectivity index (χ2n) is 25.5.